The van der Waals surface area contributed by atoms with Crippen molar-refractivity contribution < 1.29 is 23.5 Å². The van der Waals surface area contributed by atoms with Crippen molar-refractivity contribution in [1.82, 2.24) is 5.32 Å². The molecule has 170 valence electrons. The molecule has 9 heteroatoms. The standard InChI is InChI=1S/C23H23Cl2FN2O4/c24-17-6-5-16(9-18(17)25)32-20(21(27)30)22-11-23(12-22,13-22)28-19(29)10-31-8-7-14-1-3-15(26)4-2-14/h1-6,9,20H,7-8,10-13H2,(H2,27,30)(H,28,29). The van der Waals surface area contributed by atoms with E-state index >= 15 is 0 Å². The molecule has 0 spiro atoms. The van der Waals surface area contributed by atoms with Crippen LogP contribution in [0.1, 0.15) is 24.8 Å². The summed E-state index contributed by atoms with van der Waals surface area (Å²) in [5.41, 5.74) is 5.81. The average molecular weight is 481 g/mol. The second-order valence-corrected chi connectivity index (χ2v) is 9.44. The molecular weight excluding hydrogens is 458 g/mol. The predicted octanol–water partition coefficient (Wildman–Crippen LogP) is 3.66. The lowest BCUT2D eigenvalue weighted by atomic mass is 9.37. The molecule has 1 unspecified atom stereocenters. The SMILES string of the molecule is NC(=O)C(Oc1ccc(Cl)c(Cl)c1)C12CC(NC(=O)COCCc3ccc(F)cc3)(C1)C2. The molecule has 2 bridgehead atoms. The van der Waals surface area contributed by atoms with Crippen LogP contribution >= 0.6 is 23.2 Å². The maximum Gasteiger partial charge on any atom is 0.259 e. The molecule has 3 aliphatic carbocycles. The first kappa shape index (κ1) is 22.8. The largest absolute Gasteiger partial charge is 0.480 e. The van der Waals surface area contributed by atoms with Gasteiger partial charge in [0.05, 0.1) is 16.7 Å². The summed E-state index contributed by atoms with van der Waals surface area (Å²) in [5, 5.41) is 3.72. The minimum absolute atomic E-state index is 0.0605. The van der Waals surface area contributed by atoms with Gasteiger partial charge in [0, 0.05) is 17.0 Å². The Bertz CT molecular complexity index is 1010. The summed E-state index contributed by atoms with van der Waals surface area (Å²) in [4.78, 5) is 24.3. The minimum atomic E-state index is -0.814. The van der Waals surface area contributed by atoms with Gasteiger partial charge in [-0.25, -0.2) is 4.39 Å². The van der Waals surface area contributed by atoms with Gasteiger partial charge in [0.1, 0.15) is 18.2 Å². The lowest BCUT2D eigenvalue weighted by molar-refractivity contribution is -0.208. The van der Waals surface area contributed by atoms with E-state index in [0.29, 0.717) is 48.1 Å². The molecular formula is C23H23Cl2FN2O4. The van der Waals surface area contributed by atoms with Crippen LogP contribution in [-0.2, 0) is 20.7 Å². The van der Waals surface area contributed by atoms with Crippen LogP contribution in [0.2, 0.25) is 10.0 Å². The van der Waals surface area contributed by atoms with Crippen molar-refractivity contribution in [3.05, 3.63) is 63.9 Å². The third-order valence-electron chi connectivity index (χ3n) is 6.12. The van der Waals surface area contributed by atoms with E-state index in [1.807, 2.05) is 0 Å². The van der Waals surface area contributed by atoms with E-state index in [0.717, 1.165) is 5.56 Å². The number of nitrogens with one attached hydrogen (secondary N) is 1. The molecule has 3 fully saturated rings. The molecule has 0 aliphatic heterocycles. The van der Waals surface area contributed by atoms with E-state index < -0.39 is 17.4 Å². The predicted molar refractivity (Wildman–Crippen MR) is 118 cm³/mol. The first-order chi connectivity index (χ1) is 15.2. The van der Waals surface area contributed by atoms with Crippen molar-refractivity contribution in [3.63, 3.8) is 0 Å². The van der Waals surface area contributed by atoms with Crippen molar-refractivity contribution in [2.75, 3.05) is 13.2 Å². The quantitative estimate of drug-likeness (QED) is 0.507. The molecule has 0 saturated heterocycles. The molecule has 2 aromatic rings. The van der Waals surface area contributed by atoms with Crippen LogP contribution in [0.15, 0.2) is 42.5 Å². The number of amides is 2. The van der Waals surface area contributed by atoms with E-state index in [1.54, 1.807) is 30.3 Å². The van der Waals surface area contributed by atoms with E-state index in [-0.39, 0.29) is 23.9 Å². The zero-order valence-electron chi connectivity index (χ0n) is 17.2. The topological polar surface area (TPSA) is 90.7 Å². The summed E-state index contributed by atoms with van der Waals surface area (Å²) in [6, 6.07) is 10.9. The van der Waals surface area contributed by atoms with Crippen molar-refractivity contribution >= 4 is 35.0 Å². The van der Waals surface area contributed by atoms with Gasteiger partial charge < -0.3 is 20.5 Å². The van der Waals surface area contributed by atoms with Crippen molar-refractivity contribution in [3.8, 4) is 5.75 Å². The number of nitrogens with two attached hydrogens (primary N) is 1. The average Bonchev–Trinajstić information content (AvgIpc) is 2.69. The second kappa shape index (κ2) is 8.89. The Morgan fingerprint density at radius 1 is 1.09 bits per heavy atom. The molecule has 3 N–H and O–H groups in total. The lowest BCUT2D eigenvalue weighted by Crippen LogP contribution is -2.79. The number of ether oxygens (including phenoxy) is 2. The van der Waals surface area contributed by atoms with Crippen molar-refractivity contribution in [2.45, 2.75) is 37.3 Å². The zero-order valence-corrected chi connectivity index (χ0v) is 18.7. The van der Waals surface area contributed by atoms with Crippen molar-refractivity contribution in [1.29, 1.82) is 0 Å². The fraction of sp³-hybridized carbons (Fsp3) is 0.391. The van der Waals surface area contributed by atoms with Crippen LogP contribution in [0.4, 0.5) is 4.39 Å². The molecule has 6 nitrogen and oxygen atoms in total. The highest BCUT2D eigenvalue weighted by atomic mass is 35.5. The first-order valence-corrected chi connectivity index (χ1v) is 11.0. The number of benzene rings is 2. The number of carbonyl (C=O) groups excluding carboxylic acids is 2. The molecule has 0 aromatic heterocycles. The van der Waals surface area contributed by atoms with Gasteiger partial charge in [-0.2, -0.15) is 0 Å². The molecule has 2 aromatic carbocycles. The Hall–Kier alpha value is -2.35. The van der Waals surface area contributed by atoms with Gasteiger partial charge in [-0.1, -0.05) is 35.3 Å². The molecule has 1 atom stereocenters. The normalized spacial score (nSPS) is 24.1. The fourth-order valence-corrected chi connectivity index (χ4v) is 5.07. The highest BCUT2D eigenvalue weighted by Crippen LogP contribution is 2.69. The molecule has 2 amide bonds. The van der Waals surface area contributed by atoms with Crippen LogP contribution in [0, 0.1) is 11.2 Å². The molecule has 3 saturated carbocycles. The maximum atomic E-state index is 12.9. The Morgan fingerprint density at radius 2 is 1.78 bits per heavy atom. The molecule has 32 heavy (non-hydrogen) atoms. The van der Waals surface area contributed by atoms with E-state index in [4.69, 9.17) is 38.4 Å². The van der Waals surface area contributed by atoms with Gasteiger partial charge in [-0.15, -0.1) is 0 Å². The lowest BCUT2D eigenvalue weighted by Gasteiger charge is -2.71. The second-order valence-electron chi connectivity index (χ2n) is 8.63. The maximum absolute atomic E-state index is 12.9. The van der Waals surface area contributed by atoms with Gasteiger partial charge in [-0.05, 0) is 55.5 Å². The van der Waals surface area contributed by atoms with Crippen LogP contribution in [0.5, 0.6) is 5.75 Å². The summed E-state index contributed by atoms with van der Waals surface area (Å²) in [6.07, 6.45) is 1.60. The Kier molecular flexibility index (Phi) is 6.34. The molecule has 5 rings (SSSR count). The highest BCUT2D eigenvalue weighted by molar-refractivity contribution is 6.42. The Morgan fingerprint density at radius 3 is 2.41 bits per heavy atom. The molecule has 0 heterocycles. The van der Waals surface area contributed by atoms with E-state index in [1.165, 1.54) is 12.1 Å². The highest BCUT2D eigenvalue weighted by Gasteiger charge is 2.73. The van der Waals surface area contributed by atoms with Crippen LogP contribution in [0.3, 0.4) is 0 Å². The van der Waals surface area contributed by atoms with Crippen molar-refractivity contribution in [2.24, 2.45) is 11.1 Å². The number of hydrogen-bond donors (Lipinski definition) is 2. The van der Waals surface area contributed by atoms with E-state index in [9.17, 15) is 14.0 Å². The number of carbonyl (C=O) groups is 2. The summed E-state index contributed by atoms with van der Waals surface area (Å²) in [6.45, 7) is 0.298. The van der Waals surface area contributed by atoms with E-state index in [2.05, 4.69) is 5.32 Å². The monoisotopic (exact) mass is 480 g/mol. The van der Waals surface area contributed by atoms with Gasteiger partial charge in [-0.3, -0.25) is 9.59 Å². The van der Waals surface area contributed by atoms with Crippen LogP contribution in [-0.4, -0.2) is 36.7 Å². The third-order valence-corrected chi connectivity index (χ3v) is 6.86. The number of hydrogen-bond acceptors (Lipinski definition) is 4. The Balaban J connectivity index is 1.23. The van der Waals surface area contributed by atoms with Crippen LogP contribution in [0.25, 0.3) is 0 Å². The zero-order chi connectivity index (χ0) is 22.9. The summed E-state index contributed by atoms with van der Waals surface area (Å²) in [7, 11) is 0. The fourth-order valence-electron chi connectivity index (χ4n) is 4.79. The van der Waals surface area contributed by atoms with Crippen LogP contribution < -0.4 is 15.8 Å². The van der Waals surface area contributed by atoms with Gasteiger partial charge in [0.15, 0.2) is 6.10 Å². The summed E-state index contributed by atoms with van der Waals surface area (Å²) in [5.74, 6) is -0.634. The molecule has 3 aliphatic rings. The first-order valence-electron chi connectivity index (χ1n) is 10.2. The summed E-state index contributed by atoms with van der Waals surface area (Å²) >= 11 is 11.9. The smallest absolute Gasteiger partial charge is 0.259 e. The van der Waals surface area contributed by atoms with Gasteiger partial charge >= 0.3 is 0 Å². The third kappa shape index (κ3) is 4.70. The number of rotatable bonds is 10. The number of primary amides is 1. The minimum Gasteiger partial charge on any atom is -0.480 e. The number of halogens is 3. The van der Waals surface area contributed by atoms with Gasteiger partial charge in [0.25, 0.3) is 5.91 Å². The molecule has 0 radical (unpaired) electrons. The van der Waals surface area contributed by atoms with Gasteiger partial charge in [0.2, 0.25) is 5.91 Å². The summed E-state index contributed by atoms with van der Waals surface area (Å²) < 4.78 is 24.2. The Labute approximate surface area is 195 Å².